The normalized spacial score (nSPS) is 18.8. The van der Waals surface area contributed by atoms with Crippen LogP contribution in [-0.4, -0.2) is 30.8 Å². The summed E-state index contributed by atoms with van der Waals surface area (Å²) in [6.07, 6.45) is 6.79. The van der Waals surface area contributed by atoms with Crippen LogP contribution >= 0.6 is 11.6 Å². The van der Waals surface area contributed by atoms with Gasteiger partial charge in [-0.3, -0.25) is 4.98 Å². The maximum atomic E-state index is 6.19. The van der Waals surface area contributed by atoms with Crippen molar-refractivity contribution >= 4 is 11.6 Å². The summed E-state index contributed by atoms with van der Waals surface area (Å²) in [5.74, 6) is 0.683. The van der Waals surface area contributed by atoms with Crippen LogP contribution in [0.1, 0.15) is 25.3 Å². The third-order valence-electron chi connectivity index (χ3n) is 3.60. The monoisotopic (exact) mass is 268 g/mol. The smallest absolute Gasteiger partial charge is 0.0621 e. The highest BCUT2D eigenvalue weighted by atomic mass is 35.5. The van der Waals surface area contributed by atoms with Crippen molar-refractivity contribution in [3.8, 4) is 0 Å². The Balaban J connectivity index is 2.03. The van der Waals surface area contributed by atoms with Crippen LogP contribution in [-0.2, 0) is 11.2 Å². The molecule has 0 bridgehead atoms. The first-order valence-electron chi connectivity index (χ1n) is 6.70. The van der Waals surface area contributed by atoms with Gasteiger partial charge in [-0.15, -0.1) is 0 Å². The lowest BCUT2D eigenvalue weighted by Crippen LogP contribution is -2.40. The van der Waals surface area contributed by atoms with Gasteiger partial charge in [0.1, 0.15) is 0 Å². The molecule has 1 saturated heterocycles. The molecule has 1 unspecified atom stereocenters. The number of halogens is 1. The molecule has 4 heteroatoms. The van der Waals surface area contributed by atoms with Gasteiger partial charge in [-0.1, -0.05) is 18.5 Å². The summed E-state index contributed by atoms with van der Waals surface area (Å²) in [5, 5.41) is 4.36. The molecule has 1 aromatic heterocycles. The number of rotatable bonds is 5. The van der Waals surface area contributed by atoms with Crippen LogP contribution in [0.25, 0.3) is 0 Å². The molecule has 0 spiro atoms. The third-order valence-corrected chi connectivity index (χ3v) is 3.94. The molecule has 18 heavy (non-hydrogen) atoms. The lowest BCUT2D eigenvalue weighted by atomic mass is 9.88. The molecule has 1 aliphatic rings. The molecule has 1 N–H and O–H groups in total. The number of hydrogen-bond donors (Lipinski definition) is 1. The molecule has 1 aliphatic heterocycles. The molecule has 0 aliphatic carbocycles. The molecule has 0 radical (unpaired) electrons. The van der Waals surface area contributed by atoms with Crippen molar-refractivity contribution in [1.29, 1.82) is 0 Å². The van der Waals surface area contributed by atoms with Crippen LogP contribution in [0.5, 0.6) is 0 Å². The van der Waals surface area contributed by atoms with Gasteiger partial charge >= 0.3 is 0 Å². The average molecular weight is 269 g/mol. The van der Waals surface area contributed by atoms with Gasteiger partial charge in [-0.05, 0) is 43.4 Å². The fourth-order valence-electron chi connectivity index (χ4n) is 2.59. The lowest BCUT2D eigenvalue weighted by molar-refractivity contribution is 0.0540. The number of likely N-dealkylation sites (N-methyl/N-ethyl adjacent to an activating group) is 1. The number of nitrogens with one attached hydrogen (secondary N) is 1. The minimum atomic E-state index is 0.485. The van der Waals surface area contributed by atoms with Crippen LogP contribution in [0.4, 0.5) is 0 Å². The molecule has 100 valence electrons. The lowest BCUT2D eigenvalue weighted by Gasteiger charge is -2.31. The fourth-order valence-corrected chi connectivity index (χ4v) is 2.79. The summed E-state index contributed by atoms with van der Waals surface area (Å²) < 4.78 is 5.44. The molecule has 1 fully saturated rings. The third kappa shape index (κ3) is 3.67. The number of pyridine rings is 1. The minimum Gasteiger partial charge on any atom is -0.381 e. The van der Waals surface area contributed by atoms with Crippen molar-refractivity contribution in [2.75, 3.05) is 19.8 Å². The van der Waals surface area contributed by atoms with Crippen molar-refractivity contribution in [3.63, 3.8) is 0 Å². The van der Waals surface area contributed by atoms with Crippen LogP contribution in [0, 0.1) is 5.92 Å². The molecule has 2 heterocycles. The Morgan fingerprint density at radius 3 is 2.94 bits per heavy atom. The van der Waals surface area contributed by atoms with Crippen molar-refractivity contribution in [3.05, 3.63) is 29.0 Å². The number of nitrogens with zero attached hydrogens (tertiary/aromatic N) is 1. The van der Waals surface area contributed by atoms with E-state index in [4.69, 9.17) is 16.3 Å². The van der Waals surface area contributed by atoms with E-state index >= 15 is 0 Å². The molecule has 3 nitrogen and oxygen atoms in total. The number of hydrogen-bond acceptors (Lipinski definition) is 3. The van der Waals surface area contributed by atoms with E-state index < -0.39 is 0 Å². The first kappa shape index (κ1) is 13.8. The summed E-state index contributed by atoms with van der Waals surface area (Å²) in [6.45, 7) is 4.92. The highest BCUT2D eigenvalue weighted by molar-refractivity contribution is 6.31. The maximum Gasteiger partial charge on any atom is 0.0621 e. The van der Waals surface area contributed by atoms with Crippen LogP contribution in [0.2, 0.25) is 5.02 Å². The number of aromatic nitrogens is 1. The van der Waals surface area contributed by atoms with E-state index in [0.29, 0.717) is 12.0 Å². The van der Waals surface area contributed by atoms with E-state index in [1.807, 2.05) is 12.3 Å². The zero-order chi connectivity index (χ0) is 12.8. The van der Waals surface area contributed by atoms with Crippen molar-refractivity contribution in [1.82, 2.24) is 10.3 Å². The average Bonchev–Trinajstić information content (AvgIpc) is 2.42. The standard InChI is InChI=1S/C14H21ClN2O/c1-2-17-14(11-4-7-18-8-5-11)9-12-3-6-16-10-13(12)15/h3,6,10-11,14,17H,2,4-5,7-9H2,1H3. The van der Waals surface area contributed by atoms with Crippen molar-refractivity contribution < 1.29 is 4.74 Å². The summed E-state index contributed by atoms with van der Waals surface area (Å²) in [6, 6.07) is 2.50. The van der Waals surface area contributed by atoms with Crippen molar-refractivity contribution in [2.45, 2.75) is 32.2 Å². The quantitative estimate of drug-likeness (QED) is 0.892. The summed E-state index contributed by atoms with van der Waals surface area (Å²) in [7, 11) is 0. The van der Waals surface area contributed by atoms with E-state index in [2.05, 4.69) is 17.2 Å². The van der Waals surface area contributed by atoms with E-state index in [0.717, 1.165) is 44.0 Å². The fraction of sp³-hybridized carbons (Fsp3) is 0.643. The second-order valence-electron chi connectivity index (χ2n) is 4.79. The van der Waals surface area contributed by atoms with Gasteiger partial charge in [0.25, 0.3) is 0 Å². The largest absolute Gasteiger partial charge is 0.381 e. The summed E-state index contributed by atoms with van der Waals surface area (Å²) in [5.41, 5.74) is 1.18. The topological polar surface area (TPSA) is 34.2 Å². The van der Waals surface area contributed by atoms with Gasteiger partial charge in [-0.25, -0.2) is 0 Å². The molecule has 1 atom stereocenters. The van der Waals surface area contributed by atoms with Crippen molar-refractivity contribution in [2.24, 2.45) is 5.92 Å². The second kappa shape index (κ2) is 7.07. The highest BCUT2D eigenvalue weighted by Crippen LogP contribution is 2.24. The van der Waals surface area contributed by atoms with Crippen LogP contribution in [0.3, 0.4) is 0 Å². The first-order valence-corrected chi connectivity index (χ1v) is 7.08. The Labute approximate surface area is 114 Å². The maximum absolute atomic E-state index is 6.19. The Kier molecular flexibility index (Phi) is 5.42. The predicted molar refractivity (Wildman–Crippen MR) is 74.0 cm³/mol. The predicted octanol–water partition coefficient (Wildman–Crippen LogP) is 2.68. The van der Waals surface area contributed by atoms with Crippen LogP contribution < -0.4 is 5.32 Å². The van der Waals surface area contributed by atoms with E-state index in [1.165, 1.54) is 5.56 Å². The second-order valence-corrected chi connectivity index (χ2v) is 5.19. The molecular weight excluding hydrogens is 248 g/mol. The van der Waals surface area contributed by atoms with E-state index in [-0.39, 0.29) is 0 Å². The zero-order valence-corrected chi connectivity index (χ0v) is 11.6. The van der Waals surface area contributed by atoms with Crippen LogP contribution in [0.15, 0.2) is 18.5 Å². The van der Waals surface area contributed by atoms with Gasteiger partial charge in [0, 0.05) is 31.6 Å². The molecule has 1 aromatic rings. The van der Waals surface area contributed by atoms with Gasteiger partial charge in [0.2, 0.25) is 0 Å². The molecule has 0 amide bonds. The first-order chi connectivity index (χ1) is 8.81. The Hall–Kier alpha value is -0.640. The van der Waals surface area contributed by atoms with Gasteiger partial charge < -0.3 is 10.1 Å². The molecular formula is C14H21ClN2O. The molecule has 0 saturated carbocycles. The number of ether oxygens (including phenoxy) is 1. The Morgan fingerprint density at radius 1 is 1.50 bits per heavy atom. The highest BCUT2D eigenvalue weighted by Gasteiger charge is 2.24. The molecule has 2 rings (SSSR count). The Morgan fingerprint density at radius 2 is 2.28 bits per heavy atom. The minimum absolute atomic E-state index is 0.485. The van der Waals surface area contributed by atoms with Gasteiger partial charge in [-0.2, -0.15) is 0 Å². The zero-order valence-electron chi connectivity index (χ0n) is 10.9. The SMILES string of the molecule is CCNC(Cc1ccncc1Cl)C1CCOCC1. The van der Waals surface area contributed by atoms with Gasteiger partial charge in [0.05, 0.1) is 5.02 Å². The summed E-state index contributed by atoms with van der Waals surface area (Å²) >= 11 is 6.19. The van der Waals surface area contributed by atoms with E-state index in [9.17, 15) is 0 Å². The summed E-state index contributed by atoms with van der Waals surface area (Å²) in [4.78, 5) is 4.04. The van der Waals surface area contributed by atoms with Gasteiger partial charge in [0.15, 0.2) is 0 Å². The van der Waals surface area contributed by atoms with E-state index in [1.54, 1.807) is 6.20 Å². The Bertz CT molecular complexity index is 367. The molecule has 0 aromatic carbocycles.